The summed E-state index contributed by atoms with van der Waals surface area (Å²) in [6, 6.07) is 7.75. The van der Waals surface area contributed by atoms with Crippen LogP contribution in [-0.4, -0.2) is 75.6 Å². The minimum Gasteiger partial charge on any atom is -0.459 e. The zero-order chi connectivity index (χ0) is 41.0. The number of nitrogens with zero attached hydrogens (tertiary/aromatic N) is 3. The van der Waals surface area contributed by atoms with Crippen LogP contribution in [0.15, 0.2) is 54.6 Å². The average molecular weight is 829 g/mol. The number of imidazole rings is 1. The van der Waals surface area contributed by atoms with E-state index in [-0.39, 0.29) is 37.5 Å². The molecule has 3 aromatic rings. The molecule has 3 amide bonds. The molecule has 1 saturated heterocycles. The van der Waals surface area contributed by atoms with E-state index in [4.69, 9.17) is 9.72 Å². The minimum atomic E-state index is -4.84. The van der Waals surface area contributed by atoms with Crippen LogP contribution < -0.4 is 20.1 Å². The van der Waals surface area contributed by atoms with Crippen molar-refractivity contribution in [1.82, 2.24) is 24.5 Å². The first-order valence-electron chi connectivity index (χ1n) is 20.2. The Balaban J connectivity index is 1.13. The molecular formula is C41H48F4N6O6S. The van der Waals surface area contributed by atoms with E-state index in [0.29, 0.717) is 50.6 Å². The zero-order valence-corrected chi connectivity index (χ0v) is 33.0. The number of sulfonamides is 1. The summed E-state index contributed by atoms with van der Waals surface area (Å²) in [4.78, 5) is 49.3. The molecule has 3 heterocycles. The smallest absolute Gasteiger partial charge is 0.416 e. The second-order valence-corrected chi connectivity index (χ2v) is 19.0. The second kappa shape index (κ2) is 15.2. The Morgan fingerprint density at radius 2 is 1.76 bits per heavy atom. The number of para-hydroxylation sites is 2. The molecule has 12 nitrogen and oxygen atoms in total. The quantitative estimate of drug-likeness (QED) is 0.171. The van der Waals surface area contributed by atoms with Gasteiger partial charge in [0.1, 0.15) is 29.5 Å². The van der Waals surface area contributed by atoms with Crippen LogP contribution in [0.1, 0.15) is 102 Å². The molecule has 3 N–H and O–H groups in total. The molecule has 5 aliphatic rings. The first-order valence-corrected chi connectivity index (χ1v) is 21.7. The number of carbonyl (C=O) groups is 3. The molecule has 0 radical (unpaired) electrons. The number of rotatable bonds is 8. The van der Waals surface area contributed by atoms with Gasteiger partial charge in [-0.15, -0.1) is 0 Å². The van der Waals surface area contributed by atoms with Gasteiger partial charge in [0.25, 0.3) is 11.9 Å². The highest BCUT2D eigenvalue weighted by Crippen LogP contribution is 2.48. The molecule has 2 aliphatic heterocycles. The molecule has 0 spiro atoms. The summed E-state index contributed by atoms with van der Waals surface area (Å²) in [5.74, 6) is -3.81. The lowest BCUT2D eigenvalue weighted by atomic mass is 10.0. The normalized spacial score (nSPS) is 28.5. The molecule has 0 unspecified atom stereocenters. The fraction of sp³-hybridized carbons (Fsp3) is 0.561. The third kappa shape index (κ3) is 7.90. The number of benzene rings is 2. The van der Waals surface area contributed by atoms with Crippen molar-refractivity contribution >= 4 is 44.5 Å². The number of allylic oxidation sites excluding steroid dienone is 1. The highest BCUT2D eigenvalue weighted by molar-refractivity contribution is 7.91. The van der Waals surface area contributed by atoms with Gasteiger partial charge in [-0.05, 0) is 88.6 Å². The Kier molecular flexibility index (Phi) is 10.5. The molecule has 2 aromatic carbocycles. The third-order valence-corrected chi connectivity index (χ3v) is 14.7. The maximum Gasteiger partial charge on any atom is 0.416 e. The molecule has 3 saturated carbocycles. The van der Waals surface area contributed by atoms with Crippen molar-refractivity contribution in [2.45, 2.75) is 131 Å². The average Bonchev–Trinajstić information content (AvgIpc) is 3.82. The summed E-state index contributed by atoms with van der Waals surface area (Å²) in [5.41, 5.74) is -1.45. The number of aromatic nitrogens is 2. The van der Waals surface area contributed by atoms with Gasteiger partial charge in [0, 0.05) is 24.1 Å². The van der Waals surface area contributed by atoms with E-state index in [2.05, 4.69) is 19.9 Å². The van der Waals surface area contributed by atoms with Crippen LogP contribution >= 0.6 is 0 Å². The minimum absolute atomic E-state index is 0.0229. The topological polar surface area (TPSA) is 152 Å². The number of nitrogens with one attached hydrogen (secondary N) is 3. The largest absolute Gasteiger partial charge is 0.459 e. The van der Waals surface area contributed by atoms with Crippen molar-refractivity contribution in [2.75, 3.05) is 11.9 Å². The molecule has 312 valence electrons. The van der Waals surface area contributed by atoms with Crippen molar-refractivity contribution in [3.8, 4) is 6.01 Å². The molecule has 5 atom stereocenters. The number of anilines is 1. The maximum atomic E-state index is 14.7. The SMILES string of the molecule is CC1(S(=O)(=O)NC(=O)[C@@]23C[C@H]2/C=C\CCCCC[C@H](Nc2cc(F)cc(C(F)(F)F)c2)C(=O)N2C[C@H](Oc4nc5ccccc5n4C4CCCC4)C[C@H]2C(=O)N3)CC1. The molecule has 8 rings (SSSR count). The van der Waals surface area contributed by atoms with E-state index in [1.807, 2.05) is 36.4 Å². The molecule has 0 bridgehead atoms. The molecular weight excluding hydrogens is 781 g/mol. The summed E-state index contributed by atoms with van der Waals surface area (Å²) in [6.07, 6.45) is 5.53. The highest BCUT2D eigenvalue weighted by Gasteiger charge is 2.63. The lowest BCUT2D eigenvalue weighted by Crippen LogP contribution is -2.58. The number of halogens is 4. The van der Waals surface area contributed by atoms with Crippen molar-refractivity contribution in [3.63, 3.8) is 0 Å². The van der Waals surface area contributed by atoms with Gasteiger partial charge in [-0.3, -0.25) is 23.7 Å². The highest BCUT2D eigenvalue weighted by atomic mass is 32.2. The Hall–Kier alpha value is -4.67. The Morgan fingerprint density at radius 3 is 2.50 bits per heavy atom. The van der Waals surface area contributed by atoms with E-state index in [0.717, 1.165) is 48.8 Å². The number of carbonyl (C=O) groups excluding carboxylic acids is 3. The van der Waals surface area contributed by atoms with Crippen LogP contribution in [0.3, 0.4) is 0 Å². The lowest BCUT2D eigenvalue weighted by Gasteiger charge is -2.30. The molecule has 17 heteroatoms. The summed E-state index contributed by atoms with van der Waals surface area (Å²) >= 11 is 0. The molecule has 1 aromatic heterocycles. The summed E-state index contributed by atoms with van der Waals surface area (Å²) in [6.45, 7) is 1.45. The van der Waals surface area contributed by atoms with Gasteiger partial charge in [-0.1, -0.05) is 50.0 Å². The predicted molar refractivity (Wildman–Crippen MR) is 206 cm³/mol. The number of amides is 3. The first kappa shape index (κ1) is 40.1. The number of ether oxygens (including phenoxy) is 1. The number of fused-ring (bicyclic) bond motifs is 3. The van der Waals surface area contributed by atoms with E-state index < -0.39 is 79.7 Å². The molecule has 4 fully saturated rings. The van der Waals surface area contributed by atoms with E-state index in [1.165, 1.54) is 4.90 Å². The number of hydrogen-bond donors (Lipinski definition) is 3. The van der Waals surface area contributed by atoms with Crippen LogP contribution in [0.4, 0.5) is 23.2 Å². The Morgan fingerprint density at radius 1 is 1.02 bits per heavy atom. The van der Waals surface area contributed by atoms with Crippen LogP contribution in [0.2, 0.25) is 0 Å². The van der Waals surface area contributed by atoms with Crippen molar-refractivity contribution in [2.24, 2.45) is 5.92 Å². The van der Waals surface area contributed by atoms with Gasteiger partial charge in [-0.2, -0.15) is 18.2 Å². The van der Waals surface area contributed by atoms with Crippen molar-refractivity contribution in [3.05, 3.63) is 66.0 Å². The predicted octanol–water partition coefficient (Wildman–Crippen LogP) is 6.53. The fourth-order valence-electron chi connectivity index (χ4n) is 8.75. The molecule has 3 aliphatic carbocycles. The standard InChI is InChI=1S/C41H48F4N6O6S/c1-39(17-18-39)58(55,56)49-37(54)40-23-25(40)11-5-3-2-4-6-15-32(46-28-20-26(41(43,44)45)19-27(42)21-28)36(53)50-24-30(22-34(50)35(52)48-40)57-38-47-31-14-9-10-16-33(31)51(38)29-12-7-8-13-29/h5,9-11,14,16,19-21,25,29-30,32,34,46H,2-4,6-8,12-13,15,17-18,22-24H2,1H3,(H,48,52)(H,49,54)/b11-5-/t25-,30-,32+,34+,40-/m1/s1. The summed E-state index contributed by atoms with van der Waals surface area (Å²) < 4.78 is 91.9. The fourth-order valence-corrected chi connectivity index (χ4v) is 10.1. The van der Waals surface area contributed by atoms with Crippen LogP contribution in [0, 0.1) is 11.7 Å². The van der Waals surface area contributed by atoms with Crippen LogP contribution in [0.5, 0.6) is 6.01 Å². The van der Waals surface area contributed by atoms with Gasteiger partial charge < -0.3 is 20.3 Å². The first-order chi connectivity index (χ1) is 27.6. The van der Waals surface area contributed by atoms with E-state index in [1.54, 1.807) is 6.92 Å². The monoisotopic (exact) mass is 828 g/mol. The summed E-state index contributed by atoms with van der Waals surface area (Å²) in [7, 11) is -4.05. The Bertz CT molecular complexity index is 2240. The van der Waals surface area contributed by atoms with Crippen LogP contribution in [-0.2, 0) is 30.6 Å². The number of hydrogen-bond acceptors (Lipinski definition) is 8. The van der Waals surface area contributed by atoms with E-state index >= 15 is 0 Å². The molecule has 58 heavy (non-hydrogen) atoms. The second-order valence-electron chi connectivity index (χ2n) is 16.8. The third-order valence-electron chi connectivity index (χ3n) is 12.6. The number of alkyl halides is 3. The Labute approximate surface area is 334 Å². The van der Waals surface area contributed by atoms with Crippen LogP contribution in [0.25, 0.3) is 11.0 Å². The van der Waals surface area contributed by atoms with Gasteiger partial charge in [0.2, 0.25) is 21.8 Å². The van der Waals surface area contributed by atoms with Gasteiger partial charge in [0.15, 0.2) is 0 Å². The van der Waals surface area contributed by atoms with E-state index in [9.17, 15) is 40.4 Å². The van der Waals surface area contributed by atoms with Gasteiger partial charge in [0.05, 0.1) is 27.9 Å². The lowest BCUT2D eigenvalue weighted by molar-refractivity contribution is -0.140. The summed E-state index contributed by atoms with van der Waals surface area (Å²) in [5, 5.41) is 5.71. The van der Waals surface area contributed by atoms with Crippen molar-refractivity contribution < 1.29 is 45.1 Å². The van der Waals surface area contributed by atoms with Gasteiger partial charge >= 0.3 is 6.18 Å². The zero-order valence-electron chi connectivity index (χ0n) is 32.2. The maximum absolute atomic E-state index is 14.7. The van der Waals surface area contributed by atoms with Gasteiger partial charge in [-0.25, -0.2) is 12.8 Å². The van der Waals surface area contributed by atoms with Crippen molar-refractivity contribution in [1.29, 1.82) is 0 Å².